The van der Waals surface area contributed by atoms with Crippen molar-refractivity contribution in [3.8, 4) is 0 Å². The first-order chi connectivity index (χ1) is 6.59. The molecule has 0 unspecified atom stereocenters. The highest BCUT2D eigenvalue weighted by molar-refractivity contribution is 5.20. The first-order valence-electron chi connectivity index (χ1n) is 4.73. The van der Waals surface area contributed by atoms with E-state index in [-0.39, 0.29) is 5.82 Å². The molecule has 1 saturated heterocycles. The third kappa shape index (κ3) is 1.79. The van der Waals surface area contributed by atoms with E-state index in [1.165, 1.54) is 6.07 Å². The van der Waals surface area contributed by atoms with E-state index < -0.39 is 5.60 Å². The van der Waals surface area contributed by atoms with Gasteiger partial charge in [-0.3, -0.25) is 0 Å². The standard InChI is InChI=1S/C11H14FNO/c1-13-7-11(14,8-13)6-9-4-2-3-5-10(9)12/h2-5,14H,6-8H2,1H3. The zero-order valence-electron chi connectivity index (χ0n) is 8.20. The fraction of sp³-hybridized carbons (Fsp3) is 0.455. The molecule has 1 N–H and O–H groups in total. The topological polar surface area (TPSA) is 23.5 Å². The molecule has 0 saturated carbocycles. The molecule has 1 heterocycles. The summed E-state index contributed by atoms with van der Waals surface area (Å²) in [6, 6.07) is 6.62. The second kappa shape index (κ2) is 3.33. The van der Waals surface area contributed by atoms with Crippen molar-refractivity contribution in [2.75, 3.05) is 20.1 Å². The number of benzene rings is 1. The van der Waals surface area contributed by atoms with Gasteiger partial charge in [-0.15, -0.1) is 0 Å². The minimum absolute atomic E-state index is 0.226. The second-order valence-electron chi connectivity index (χ2n) is 4.16. The van der Waals surface area contributed by atoms with Crippen LogP contribution >= 0.6 is 0 Å². The maximum absolute atomic E-state index is 13.3. The quantitative estimate of drug-likeness (QED) is 0.762. The van der Waals surface area contributed by atoms with E-state index in [1.807, 2.05) is 11.9 Å². The third-order valence-corrected chi connectivity index (χ3v) is 2.61. The Hall–Kier alpha value is -0.930. The molecule has 1 aliphatic heterocycles. The highest BCUT2D eigenvalue weighted by atomic mass is 19.1. The van der Waals surface area contributed by atoms with Gasteiger partial charge in [-0.05, 0) is 18.7 Å². The fourth-order valence-electron chi connectivity index (χ4n) is 2.07. The largest absolute Gasteiger partial charge is 0.387 e. The lowest BCUT2D eigenvalue weighted by molar-refractivity contribution is -0.0852. The summed E-state index contributed by atoms with van der Waals surface area (Å²) >= 11 is 0. The summed E-state index contributed by atoms with van der Waals surface area (Å²) in [6.07, 6.45) is 0.407. The molecule has 1 aromatic carbocycles. The summed E-state index contributed by atoms with van der Waals surface area (Å²) in [7, 11) is 1.94. The van der Waals surface area contributed by atoms with Crippen molar-refractivity contribution in [2.45, 2.75) is 12.0 Å². The molecule has 0 radical (unpaired) electrons. The number of rotatable bonds is 2. The summed E-state index contributed by atoms with van der Waals surface area (Å²) < 4.78 is 13.3. The molecule has 1 fully saturated rings. The molecule has 1 aromatic rings. The van der Waals surface area contributed by atoms with E-state index >= 15 is 0 Å². The van der Waals surface area contributed by atoms with E-state index in [1.54, 1.807) is 18.2 Å². The SMILES string of the molecule is CN1CC(O)(Cc2ccccc2F)C1. The number of halogens is 1. The number of nitrogens with zero attached hydrogens (tertiary/aromatic N) is 1. The van der Waals surface area contributed by atoms with Crippen LogP contribution in [0.25, 0.3) is 0 Å². The van der Waals surface area contributed by atoms with E-state index in [2.05, 4.69) is 0 Å². The van der Waals surface area contributed by atoms with Crippen molar-refractivity contribution < 1.29 is 9.50 Å². The molecule has 2 rings (SSSR count). The normalized spacial score (nSPS) is 20.5. The predicted molar refractivity (Wildman–Crippen MR) is 52.6 cm³/mol. The molecule has 0 amide bonds. The summed E-state index contributed by atoms with van der Waals surface area (Å²) in [5.41, 5.74) is -0.125. The van der Waals surface area contributed by atoms with Gasteiger partial charge in [0.05, 0.1) is 5.60 Å². The summed E-state index contributed by atoms with van der Waals surface area (Å²) in [5.74, 6) is -0.226. The van der Waals surface area contributed by atoms with Gasteiger partial charge < -0.3 is 10.0 Å². The van der Waals surface area contributed by atoms with Crippen LogP contribution in [0.5, 0.6) is 0 Å². The Bertz CT molecular complexity index is 334. The van der Waals surface area contributed by atoms with E-state index in [4.69, 9.17) is 0 Å². The Morgan fingerprint density at radius 1 is 1.43 bits per heavy atom. The highest BCUT2D eigenvalue weighted by Gasteiger charge is 2.39. The number of aliphatic hydroxyl groups is 1. The molecule has 0 atom stereocenters. The van der Waals surface area contributed by atoms with Crippen LogP contribution in [0.4, 0.5) is 4.39 Å². The average molecular weight is 195 g/mol. The Balaban J connectivity index is 2.08. The molecule has 0 bridgehead atoms. The van der Waals surface area contributed by atoms with Gasteiger partial charge in [-0.2, -0.15) is 0 Å². The number of hydrogen-bond donors (Lipinski definition) is 1. The predicted octanol–water partition coefficient (Wildman–Crippen LogP) is 1.04. The summed E-state index contributed by atoms with van der Waals surface area (Å²) in [6.45, 7) is 1.25. The zero-order chi connectivity index (χ0) is 10.2. The number of β-amino-alcohol motifs (C(OH)–C–C–N with tert-alkyl or cyclic N) is 1. The molecule has 76 valence electrons. The Labute approximate surface area is 83.0 Å². The zero-order valence-corrected chi connectivity index (χ0v) is 8.20. The minimum Gasteiger partial charge on any atom is -0.387 e. The van der Waals surface area contributed by atoms with Crippen LogP contribution in [0.2, 0.25) is 0 Å². The Kier molecular flexibility index (Phi) is 2.29. The molecule has 1 aliphatic rings. The van der Waals surface area contributed by atoms with Gasteiger partial charge in [0, 0.05) is 19.5 Å². The second-order valence-corrected chi connectivity index (χ2v) is 4.16. The van der Waals surface area contributed by atoms with Crippen molar-refractivity contribution >= 4 is 0 Å². The van der Waals surface area contributed by atoms with Gasteiger partial charge in [0.25, 0.3) is 0 Å². The molecular formula is C11H14FNO. The lowest BCUT2D eigenvalue weighted by atomic mass is 9.87. The van der Waals surface area contributed by atoms with Crippen molar-refractivity contribution in [3.05, 3.63) is 35.6 Å². The molecule has 0 spiro atoms. The number of hydrogen-bond acceptors (Lipinski definition) is 2. The Morgan fingerprint density at radius 2 is 2.07 bits per heavy atom. The van der Waals surface area contributed by atoms with Gasteiger partial charge in [0.2, 0.25) is 0 Å². The minimum atomic E-state index is -0.725. The average Bonchev–Trinajstić information content (AvgIpc) is 2.06. The van der Waals surface area contributed by atoms with E-state index in [0.29, 0.717) is 25.1 Å². The lowest BCUT2D eigenvalue weighted by Gasteiger charge is -2.44. The summed E-state index contributed by atoms with van der Waals surface area (Å²) in [4.78, 5) is 2.01. The maximum atomic E-state index is 13.3. The maximum Gasteiger partial charge on any atom is 0.126 e. The van der Waals surface area contributed by atoms with Gasteiger partial charge in [-0.1, -0.05) is 18.2 Å². The van der Waals surface area contributed by atoms with Crippen molar-refractivity contribution in [2.24, 2.45) is 0 Å². The molecule has 14 heavy (non-hydrogen) atoms. The summed E-state index contributed by atoms with van der Waals surface area (Å²) in [5, 5.41) is 9.95. The van der Waals surface area contributed by atoms with E-state index in [0.717, 1.165) is 0 Å². The monoisotopic (exact) mass is 195 g/mol. The van der Waals surface area contributed by atoms with Crippen LogP contribution in [0.15, 0.2) is 24.3 Å². The van der Waals surface area contributed by atoms with Crippen LogP contribution in [-0.4, -0.2) is 35.7 Å². The van der Waals surface area contributed by atoms with Crippen LogP contribution in [0.1, 0.15) is 5.56 Å². The van der Waals surface area contributed by atoms with Crippen LogP contribution < -0.4 is 0 Å². The van der Waals surface area contributed by atoms with Crippen LogP contribution in [0.3, 0.4) is 0 Å². The number of likely N-dealkylation sites (N-methyl/N-ethyl adjacent to an activating group) is 1. The molecular weight excluding hydrogens is 181 g/mol. The molecule has 0 aromatic heterocycles. The van der Waals surface area contributed by atoms with Crippen LogP contribution in [-0.2, 0) is 6.42 Å². The molecule has 2 nitrogen and oxygen atoms in total. The van der Waals surface area contributed by atoms with Gasteiger partial charge in [-0.25, -0.2) is 4.39 Å². The van der Waals surface area contributed by atoms with Gasteiger partial charge in [0.15, 0.2) is 0 Å². The highest BCUT2D eigenvalue weighted by Crippen LogP contribution is 2.24. The van der Waals surface area contributed by atoms with Crippen LogP contribution in [0, 0.1) is 5.82 Å². The third-order valence-electron chi connectivity index (χ3n) is 2.61. The van der Waals surface area contributed by atoms with Gasteiger partial charge in [0.1, 0.15) is 5.82 Å². The number of likely N-dealkylation sites (tertiary alicyclic amines) is 1. The lowest BCUT2D eigenvalue weighted by Crippen LogP contribution is -2.61. The Morgan fingerprint density at radius 3 is 2.64 bits per heavy atom. The first kappa shape index (κ1) is 9.62. The van der Waals surface area contributed by atoms with Crippen molar-refractivity contribution in [1.82, 2.24) is 4.90 Å². The van der Waals surface area contributed by atoms with E-state index in [9.17, 15) is 9.50 Å². The molecule has 0 aliphatic carbocycles. The van der Waals surface area contributed by atoms with Gasteiger partial charge >= 0.3 is 0 Å². The fourth-order valence-corrected chi connectivity index (χ4v) is 2.07. The smallest absolute Gasteiger partial charge is 0.126 e. The van der Waals surface area contributed by atoms with Crippen molar-refractivity contribution in [3.63, 3.8) is 0 Å². The van der Waals surface area contributed by atoms with Crippen molar-refractivity contribution in [1.29, 1.82) is 0 Å². The molecule has 3 heteroatoms. The first-order valence-corrected chi connectivity index (χ1v) is 4.73.